The number of furan rings is 1. The number of amides is 2. The lowest BCUT2D eigenvalue weighted by atomic mass is 10.00. The van der Waals surface area contributed by atoms with Crippen LogP contribution in [0.2, 0.25) is 0 Å². The van der Waals surface area contributed by atoms with Crippen LogP contribution < -0.4 is 10.6 Å². The number of rotatable bonds is 4. The number of piperidine rings is 1. The fourth-order valence-electron chi connectivity index (χ4n) is 3.79. The molecule has 2 unspecified atom stereocenters. The maximum Gasteiger partial charge on any atom is 0.471 e. The molecule has 2 amide bonds. The lowest BCUT2D eigenvalue weighted by Gasteiger charge is -2.22. The van der Waals surface area contributed by atoms with Gasteiger partial charge in [0.05, 0.1) is 5.69 Å². The highest BCUT2D eigenvalue weighted by Gasteiger charge is 2.40. The van der Waals surface area contributed by atoms with Crippen LogP contribution in [0.4, 0.5) is 18.9 Å². The Morgan fingerprint density at radius 1 is 1.11 bits per heavy atom. The first-order valence-electron chi connectivity index (χ1n) is 8.92. The van der Waals surface area contributed by atoms with Crippen LogP contribution in [0.5, 0.6) is 0 Å². The number of benzene rings is 1. The average molecular weight is 393 g/mol. The SMILES string of the molecule is O=C(NC1CN2CC[C@H]1C2)c1ccc(-c2ccccc2NC(=O)C(F)(F)F)o1. The molecule has 1 aromatic heterocycles. The van der Waals surface area contributed by atoms with Crippen molar-refractivity contribution in [1.82, 2.24) is 10.2 Å². The number of nitrogens with one attached hydrogen (secondary N) is 2. The predicted molar refractivity (Wildman–Crippen MR) is 94.6 cm³/mol. The Morgan fingerprint density at radius 3 is 2.57 bits per heavy atom. The fraction of sp³-hybridized carbons (Fsp3) is 0.368. The van der Waals surface area contributed by atoms with E-state index in [0.29, 0.717) is 5.92 Å². The number of hydrogen-bond donors (Lipinski definition) is 2. The first-order valence-corrected chi connectivity index (χ1v) is 8.92. The van der Waals surface area contributed by atoms with Crippen molar-refractivity contribution in [2.24, 2.45) is 5.92 Å². The summed E-state index contributed by atoms with van der Waals surface area (Å²) >= 11 is 0. The van der Waals surface area contributed by atoms with Gasteiger partial charge < -0.3 is 20.0 Å². The second-order valence-electron chi connectivity index (χ2n) is 7.05. The quantitative estimate of drug-likeness (QED) is 0.838. The van der Waals surface area contributed by atoms with Gasteiger partial charge >= 0.3 is 12.1 Å². The molecular formula is C19H18F3N3O3. The number of para-hydroxylation sites is 1. The summed E-state index contributed by atoms with van der Waals surface area (Å²) in [5.41, 5.74) is 0.206. The molecule has 0 spiro atoms. The summed E-state index contributed by atoms with van der Waals surface area (Å²) in [6.45, 7) is 2.86. The van der Waals surface area contributed by atoms with Crippen LogP contribution >= 0.6 is 0 Å². The largest absolute Gasteiger partial charge is 0.471 e. The molecule has 6 nitrogen and oxygen atoms in total. The molecule has 2 saturated heterocycles. The van der Waals surface area contributed by atoms with Crippen molar-refractivity contribution in [1.29, 1.82) is 0 Å². The van der Waals surface area contributed by atoms with Gasteiger partial charge in [0, 0.05) is 24.7 Å². The highest BCUT2D eigenvalue weighted by Crippen LogP contribution is 2.31. The van der Waals surface area contributed by atoms with E-state index in [2.05, 4.69) is 10.2 Å². The Hall–Kier alpha value is -2.81. The van der Waals surface area contributed by atoms with E-state index < -0.39 is 12.1 Å². The molecule has 2 aliphatic heterocycles. The van der Waals surface area contributed by atoms with Gasteiger partial charge in [-0.05, 0) is 43.1 Å². The van der Waals surface area contributed by atoms with Gasteiger partial charge in [0.25, 0.3) is 5.91 Å². The van der Waals surface area contributed by atoms with Crippen LogP contribution in [0.15, 0.2) is 40.8 Å². The van der Waals surface area contributed by atoms with E-state index in [9.17, 15) is 22.8 Å². The van der Waals surface area contributed by atoms with Gasteiger partial charge in [0.1, 0.15) is 5.76 Å². The predicted octanol–water partition coefficient (Wildman–Crippen LogP) is 2.88. The van der Waals surface area contributed by atoms with Crippen molar-refractivity contribution >= 4 is 17.5 Å². The molecule has 2 N–H and O–H groups in total. The highest BCUT2D eigenvalue weighted by atomic mass is 19.4. The zero-order valence-electron chi connectivity index (χ0n) is 14.8. The summed E-state index contributed by atoms with van der Waals surface area (Å²) in [6.07, 6.45) is -3.95. The van der Waals surface area contributed by atoms with Crippen molar-refractivity contribution in [3.8, 4) is 11.3 Å². The number of hydrogen-bond acceptors (Lipinski definition) is 4. The maximum absolute atomic E-state index is 12.5. The van der Waals surface area contributed by atoms with E-state index in [4.69, 9.17) is 4.42 Å². The number of carbonyl (C=O) groups is 2. The number of fused-ring (bicyclic) bond motifs is 2. The van der Waals surface area contributed by atoms with E-state index in [0.717, 1.165) is 26.1 Å². The molecule has 28 heavy (non-hydrogen) atoms. The van der Waals surface area contributed by atoms with E-state index in [-0.39, 0.29) is 34.7 Å². The van der Waals surface area contributed by atoms with Crippen molar-refractivity contribution in [2.75, 3.05) is 25.0 Å². The van der Waals surface area contributed by atoms with Crippen LogP contribution in [-0.2, 0) is 4.79 Å². The van der Waals surface area contributed by atoms with Gasteiger partial charge in [-0.3, -0.25) is 9.59 Å². The summed E-state index contributed by atoms with van der Waals surface area (Å²) < 4.78 is 43.2. The van der Waals surface area contributed by atoms with Gasteiger partial charge in [-0.1, -0.05) is 12.1 Å². The topological polar surface area (TPSA) is 74.6 Å². The van der Waals surface area contributed by atoms with E-state index in [1.165, 1.54) is 30.3 Å². The lowest BCUT2D eigenvalue weighted by molar-refractivity contribution is -0.167. The third-order valence-corrected chi connectivity index (χ3v) is 5.18. The first kappa shape index (κ1) is 18.5. The minimum absolute atomic E-state index is 0.0490. The number of carbonyl (C=O) groups excluding carboxylic acids is 2. The molecule has 2 aromatic rings. The van der Waals surface area contributed by atoms with Crippen LogP contribution in [0.25, 0.3) is 11.3 Å². The van der Waals surface area contributed by atoms with Crippen LogP contribution in [0.1, 0.15) is 17.0 Å². The van der Waals surface area contributed by atoms with E-state index >= 15 is 0 Å². The van der Waals surface area contributed by atoms with E-state index in [1.54, 1.807) is 6.07 Å². The minimum Gasteiger partial charge on any atom is -0.451 e. The Balaban J connectivity index is 1.50. The summed E-state index contributed by atoms with van der Waals surface area (Å²) in [5.74, 6) is -1.72. The molecule has 3 atom stereocenters. The minimum atomic E-state index is -5.00. The monoisotopic (exact) mass is 393 g/mol. The zero-order chi connectivity index (χ0) is 19.9. The van der Waals surface area contributed by atoms with Gasteiger partial charge in [0.15, 0.2) is 5.76 Å². The molecule has 148 valence electrons. The summed E-state index contributed by atoms with van der Waals surface area (Å²) in [4.78, 5) is 26.0. The zero-order valence-corrected chi connectivity index (χ0v) is 14.8. The molecule has 2 aliphatic rings. The number of nitrogens with zero attached hydrogens (tertiary/aromatic N) is 1. The molecule has 1 aromatic carbocycles. The molecule has 3 heterocycles. The van der Waals surface area contributed by atoms with Gasteiger partial charge in [0.2, 0.25) is 0 Å². The van der Waals surface area contributed by atoms with Gasteiger partial charge in [-0.2, -0.15) is 13.2 Å². The Kier molecular flexibility index (Phi) is 4.62. The Morgan fingerprint density at radius 2 is 1.89 bits per heavy atom. The first-order chi connectivity index (χ1) is 13.3. The molecular weight excluding hydrogens is 375 g/mol. The summed E-state index contributed by atoms with van der Waals surface area (Å²) in [7, 11) is 0. The maximum atomic E-state index is 12.5. The van der Waals surface area contributed by atoms with E-state index in [1.807, 2.05) is 5.32 Å². The Bertz CT molecular complexity index is 909. The van der Waals surface area contributed by atoms with Crippen molar-refractivity contribution in [3.63, 3.8) is 0 Å². The number of alkyl halides is 3. The number of halogens is 3. The second-order valence-corrected chi connectivity index (χ2v) is 7.05. The average Bonchev–Trinajstić information content (AvgIpc) is 3.38. The van der Waals surface area contributed by atoms with Crippen LogP contribution in [0, 0.1) is 5.92 Å². The third kappa shape index (κ3) is 3.62. The molecule has 0 radical (unpaired) electrons. The van der Waals surface area contributed by atoms with Crippen LogP contribution in [-0.4, -0.2) is 48.6 Å². The fourth-order valence-corrected chi connectivity index (χ4v) is 3.79. The summed E-state index contributed by atoms with van der Waals surface area (Å²) in [6, 6.07) is 8.99. The van der Waals surface area contributed by atoms with Gasteiger partial charge in [-0.25, -0.2) is 0 Å². The smallest absolute Gasteiger partial charge is 0.451 e. The van der Waals surface area contributed by atoms with Gasteiger partial charge in [-0.15, -0.1) is 0 Å². The third-order valence-electron chi connectivity index (χ3n) is 5.18. The molecule has 2 fully saturated rings. The lowest BCUT2D eigenvalue weighted by Crippen LogP contribution is -2.43. The van der Waals surface area contributed by atoms with Crippen molar-refractivity contribution < 1.29 is 27.2 Å². The Labute approximate surface area is 158 Å². The molecule has 2 bridgehead atoms. The highest BCUT2D eigenvalue weighted by molar-refractivity contribution is 5.98. The number of anilines is 1. The second kappa shape index (κ2) is 6.97. The molecule has 0 aliphatic carbocycles. The molecule has 4 rings (SSSR count). The van der Waals surface area contributed by atoms with Crippen molar-refractivity contribution in [2.45, 2.75) is 18.6 Å². The molecule has 0 saturated carbocycles. The van der Waals surface area contributed by atoms with Crippen molar-refractivity contribution in [3.05, 3.63) is 42.2 Å². The van der Waals surface area contributed by atoms with Crippen LogP contribution in [0.3, 0.4) is 0 Å². The standard InChI is InChI=1S/C19H18F3N3O3/c20-19(21,22)18(27)24-13-4-2-1-3-12(13)15-5-6-16(28-15)17(26)23-14-10-25-8-7-11(14)9-25/h1-6,11,14H,7-10H2,(H,23,26)(H,24,27)/t11-,14?/m0/s1. The molecule has 9 heteroatoms. The normalized spacial score (nSPS) is 23.6. The summed E-state index contributed by atoms with van der Waals surface area (Å²) in [5, 5.41) is 4.80.